The predicted octanol–water partition coefficient (Wildman–Crippen LogP) is 0.789. The van der Waals surface area contributed by atoms with Gasteiger partial charge < -0.3 is 10.4 Å². The Balaban J connectivity index is 0.000000605. The third-order valence-electron chi connectivity index (χ3n) is 3.16. The van der Waals surface area contributed by atoms with Gasteiger partial charge in [0.25, 0.3) is 0 Å². The second-order valence-corrected chi connectivity index (χ2v) is 3.92. The molecule has 0 aromatic carbocycles. The SMILES string of the molecule is CC1(O)CCC2CNCC21.Cl. The number of fused-ring (bicyclic) bond motifs is 1. The van der Waals surface area contributed by atoms with E-state index in [-0.39, 0.29) is 18.0 Å². The van der Waals surface area contributed by atoms with Crippen LogP contribution in [0.2, 0.25) is 0 Å². The number of hydrogen-bond donors (Lipinski definition) is 2. The van der Waals surface area contributed by atoms with Crippen LogP contribution < -0.4 is 5.32 Å². The zero-order valence-electron chi connectivity index (χ0n) is 6.84. The van der Waals surface area contributed by atoms with Crippen molar-refractivity contribution in [3.05, 3.63) is 0 Å². The Morgan fingerprint density at radius 1 is 1.45 bits per heavy atom. The van der Waals surface area contributed by atoms with Crippen LogP contribution in [0.4, 0.5) is 0 Å². The first-order chi connectivity index (χ1) is 4.70. The molecule has 3 atom stereocenters. The lowest BCUT2D eigenvalue weighted by Crippen LogP contribution is -2.32. The average molecular weight is 178 g/mol. The van der Waals surface area contributed by atoms with Gasteiger partial charge in [-0.2, -0.15) is 0 Å². The van der Waals surface area contributed by atoms with E-state index in [1.807, 2.05) is 6.92 Å². The van der Waals surface area contributed by atoms with Crippen molar-refractivity contribution in [2.45, 2.75) is 25.4 Å². The lowest BCUT2D eigenvalue weighted by atomic mass is 9.90. The van der Waals surface area contributed by atoms with E-state index in [9.17, 15) is 5.11 Å². The molecule has 0 bridgehead atoms. The van der Waals surface area contributed by atoms with Crippen LogP contribution in [0.25, 0.3) is 0 Å². The van der Waals surface area contributed by atoms with Gasteiger partial charge in [-0.05, 0) is 32.2 Å². The molecule has 1 saturated heterocycles. The normalized spacial score (nSPS) is 48.5. The first-order valence-corrected chi connectivity index (χ1v) is 4.13. The maximum atomic E-state index is 9.82. The zero-order valence-corrected chi connectivity index (χ0v) is 7.66. The fraction of sp³-hybridized carbons (Fsp3) is 1.00. The van der Waals surface area contributed by atoms with E-state index >= 15 is 0 Å². The number of halogens is 1. The molecular weight excluding hydrogens is 162 g/mol. The van der Waals surface area contributed by atoms with Gasteiger partial charge in [0, 0.05) is 12.5 Å². The van der Waals surface area contributed by atoms with Crippen molar-refractivity contribution in [3.8, 4) is 0 Å². The van der Waals surface area contributed by atoms with Gasteiger partial charge in [-0.3, -0.25) is 0 Å². The van der Waals surface area contributed by atoms with Crippen LogP contribution in [0.5, 0.6) is 0 Å². The van der Waals surface area contributed by atoms with Gasteiger partial charge in [0.2, 0.25) is 0 Å². The maximum Gasteiger partial charge on any atom is 0.0663 e. The molecule has 2 rings (SSSR count). The minimum atomic E-state index is -0.367. The van der Waals surface area contributed by atoms with Gasteiger partial charge in [-0.15, -0.1) is 12.4 Å². The molecule has 2 fully saturated rings. The van der Waals surface area contributed by atoms with Crippen molar-refractivity contribution in [2.75, 3.05) is 13.1 Å². The van der Waals surface area contributed by atoms with Crippen LogP contribution in [0, 0.1) is 11.8 Å². The molecule has 1 heterocycles. The minimum absolute atomic E-state index is 0. The third-order valence-corrected chi connectivity index (χ3v) is 3.16. The summed E-state index contributed by atoms with van der Waals surface area (Å²) in [7, 11) is 0. The van der Waals surface area contributed by atoms with Crippen molar-refractivity contribution in [2.24, 2.45) is 11.8 Å². The Kier molecular flexibility index (Phi) is 2.47. The highest BCUT2D eigenvalue weighted by Gasteiger charge is 2.45. The molecule has 3 unspecified atom stereocenters. The molecule has 0 radical (unpaired) electrons. The largest absolute Gasteiger partial charge is 0.390 e. The quantitative estimate of drug-likeness (QED) is 0.574. The highest BCUT2D eigenvalue weighted by atomic mass is 35.5. The van der Waals surface area contributed by atoms with Crippen molar-refractivity contribution in [1.29, 1.82) is 0 Å². The summed E-state index contributed by atoms with van der Waals surface area (Å²) in [5, 5.41) is 13.1. The summed E-state index contributed by atoms with van der Waals surface area (Å²) in [6.07, 6.45) is 2.22. The van der Waals surface area contributed by atoms with Gasteiger partial charge in [-0.1, -0.05) is 0 Å². The highest BCUT2D eigenvalue weighted by Crippen LogP contribution is 2.41. The van der Waals surface area contributed by atoms with Crippen molar-refractivity contribution < 1.29 is 5.11 Å². The molecule has 11 heavy (non-hydrogen) atoms. The minimum Gasteiger partial charge on any atom is -0.390 e. The average Bonchev–Trinajstić information content (AvgIpc) is 2.36. The Labute approximate surface area is 73.8 Å². The first kappa shape index (κ1) is 9.30. The summed E-state index contributed by atoms with van der Waals surface area (Å²) in [6.45, 7) is 4.13. The van der Waals surface area contributed by atoms with E-state index < -0.39 is 0 Å². The van der Waals surface area contributed by atoms with Crippen LogP contribution >= 0.6 is 12.4 Å². The third kappa shape index (κ3) is 1.40. The molecule has 0 aromatic heterocycles. The molecule has 2 aliphatic rings. The molecule has 0 amide bonds. The van der Waals surface area contributed by atoms with Crippen molar-refractivity contribution in [3.63, 3.8) is 0 Å². The standard InChI is InChI=1S/C8H15NO.ClH/c1-8(10)3-2-6-4-9-5-7(6)8;/h6-7,9-10H,2-5H2,1H3;1H. The molecule has 1 aliphatic heterocycles. The molecule has 3 heteroatoms. The Hall–Kier alpha value is 0.210. The summed E-state index contributed by atoms with van der Waals surface area (Å²) in [5.41, 5.74) is -0.367. The van der Waals surface area contributed by atoms with Crippen LogP contribution in [-0.4, -0.2) is 23.8 Å². The highest BCUT2D eigenvalue weighted by molar-refractivity contribution is 5.85. The van der Waals surface area contributed by atoms with Crippen LogP contribution in [-0.2, 0) is 0 Å². The Bertz CT molecular complexity index is 149. The first-order valence-electron chi connectivity index (χ1n) is 4.13. The topological polar surface area (TPSA) is 32.3 Å². The summed E-state index contributed by atoms with van der Waals surface area (Å²) < 4.78 is 0. The second kappa shape index (κ2) is 2.92. The number of hydrogen-bond acceptors (Lipinski definition) is 2. The van der Waals surface area contributed by atoms with Crippen LogP contribution in [0.3, 0.4) is 0 Å². The summed E-state index contributed by atoms with van der Waals surface area (Å²) in [6, 6.07) is 0. The van der Waals surface area contributed by atoms with Crippen molar-refractivity contribution >= 4 is 12.4 Å². The van der Waals surface area contributed by atoms with Crippen LogP contribution in [0.15, 0.2) is 0 Å². The monoisotopic (exact) mass is 177 g/mol. The zero-order chi connectivity index (χ0) is 7.19. The molecule has 0 spiro atoms. The smallest absolute Gasteiger partial charge is 0.0663 e. The lowest BCUT2D eigenvalue weighted by Gasteiger charge is -2.23. The van der Waals surface area contributed by atoms with Gasteiger partial charge in [-0.25, -0.2) is 0 Å². The molecule has 1 aliphatic carbocycles. The van der Waals surface area contributed by atoms with Gasteiger partial charge in [0.1, 0.15) is 0 Å². The van der Waals surface area contributed by atoms with E-state index in [1.165, 1.54) is 6.42 Å². The second-order valence-electron chi connectivity index (χ2n) is 3.92. The van der Waals surface area contributed by atoms with E-state index in [2.05, 4.69) is 5.32 Å². The molecule has 66 valence electrons. The Morgan fingerprint density at radius 2 is 2.18 bits per heavy atom. The summed E-state index contributed by atoms with van der Waals surface area (Å²) in [4.78, 5) is 0. The fourth-order valence-electron chi connectivity index (χ4n) is 2.43. The molecular formula is C8H16ClNO. The summed E-state index contributed by atoms with van der Waals surface area (Å²) in [5.74, 6) is 1.29. The van der Waals surface area contributed by atoms with E-state index in [0.29, 0.717) is 5.92 Å². The fourth-order valence-corrected chi connectivity index (χ4v) is 2.43. The van der Waals surface area contributed by atoms with E-state index in [0.717, 1.165) is 25.4 Å². The molecule has 2 nitrogen and oxygen atoms in total. The van der Waals surface area contributed by atoms with Gasteiger partial charge >= 0.3 is 0 Å². The molecule has 0 aromatic rings. The van der Waals surface area contributed by atoms with Crippen LogP contribution in [0.1, 0.15) is 19.8 Å². The number of nitrogens with one attached hydrogen (secondary N) is 1. The van der Waals surface area contributed by atoms with Gasteiger partial charge in [0.15, 0.2) is 0 Å². The van der Waals surface area contributed by atoms with Gasteiger partial charge in [0.05, 0.1) is 5.60 Å². The maximum absolute atomic E-state index is 9.82. The van der Waals surface area contributed by atoms with E-state index in [4.69, 9.17) is 0 Å². The summed E-state index contributed by atoms with van der Waals surface area (Å²) >= 11 is 0. The lowest BCUT2D eigenvalue weighted by molar-refractivity contribution is 0.0218. The number of aliphatic hydroxyl groups is 1. The Morgan fingerprint density at radius 3 is 2.82 bits per heavy atom. The number of rotatable bonds is 0. The molecule has 2 N–H and O–H groups in total. The molecule has 1 saturated carbocycles. The predicted molar refractivity (Wildman–Crippen MR) is 47.0 cm³/mol. The van der Waals surface area contributed by atoms with Crippen molar-refractivity contribution in [1.82, 2.24) is 5.32 Å². The van der Waals surface area contributed by atoms with E-state index in [1.54, 1.807) is 0 Å².